The molecule has 23 heavy (non-hydrogen) atoms. The van der Waals surface area contributed by atoms with Crippen LogP contribution in [0.15, 0.2) is 44.9 Å². The minimum absolute atomic E-state index is 0. The average Bonchev–Trinajstić information content (AvgIpc) is 2.87. The molecular formula is C13H10ClN2NaO5S. The molecule has 1 heterocycles. The van der Waals surface area contributed by atoms with Crippen molar-refractivity contribution in [1.82, 2.24) is 5.43 Å². The Hall–Kier alpha value is -1.16. The molecular weight excluding hydrogens is 355 g/mol. The van der Waals surface area contributed by atoms with Gasteiger partial charge in [0, 0.05) is 0 Å². The van der Waals surface area contributed by atoms with E-state index >= 15 is 0 Å². The Morgan fingerprint density at radius 1 is 1.35 bits per heavy atom. The number of nitrogens with one attached hydrogen (secondary N) is 1. The van der Waals surface area contributed by atoms with Gasteiger partial charge in [-0.3, -0.25) is 4.79 Å². The molecule has 1 aromatic heterocycles. The number of furan rings is 1. The van der Waals surface area contributed by atoms with Crippen LogP contribution in [-0.2, 0) is 10.1 Å². The molecule has 1 aromatic carbocycles. The van der Waals surface area contributed by atoms with Crippen LogP contribution in [0.3, 0.4) is 0 Å². The zero-order chi connectivity index (χ0) is 16.3. The molecule has 7 nitrogen and oxygen atoms in total. The fourth-order valence-electron chi connectivity index (χ4n) is 1.56. The summed E-state index contributed by atoms with van der Waals surface area (Å²) in [6.45, 7) is 1.84. The predicted octanol–water partition coefficient (Wildman–Crippen LogP) is -1.09. The first-order valence-electron chi connectivity index (χ1n) is 5.92. The Balaban J connectivity index is 0.00000264. The van der Waals surface area contributed by atoms with Gasteiger partial charge in [-0.25, -0.2) is 13.8 Å². The summed E-state index contributed by atoms with van der Waals surface area (Å²) in [6, 6.07) is 7.15. The van der Waals surface area contributed by atoms with E-state index in [1.807, 2.05) is 6.92 Å². The minimum Gasteiger partial charge on any atom is -0.742 e. The molecule has 0 bridgehead atoms. The van der Waals surface area contributed by atoms with Crippen molar-refractivity contribution in [1.29, 1.82) is 0 Å². The first kappa shape index (κ1) is 19.9. The van der Waals surface area contributed by atoms with Crippen LogP contribution in [0.25, 0.3) is 0 Å². The normalized spacial score (nSPS) is 11.3. The van der Waals surface area contributed by atoms with Crippen molar-refractivity contribution in [3.05, 3.63) is 52.2 Å². The second-order valence-corrected chi connectivity index (χ2v) is 6.01. The van der Waals surface area contributed by atoms with Gasteiger partial charge < -0.3 is 8.97 Å². The van der Waals surface area contributed by atoms with Gasteiger partial charge in [-0.1, -0.05) is 17.7 Å². The molecule has 1 N–H and O–H groups in total. The summed E-state index contributed by atoms with van der Waals surface area (Å²) >= 11 is 5.94. The molecule has 0 unspecified atom stereocenters. The number of halogens is 1. The van der Waals surface area contributed by atoms with Crippen LogP contribution in [0, 0.1) is 6.92 Å². The summed E-state index contributed by atoms with van der Waals surface area (Å²) in [6.07, 6.45) is 1.06. The van der Waals surface area contributed by atoms with Gasteiger partial charge in [-0.15, -0.1) is 0 Å². The first-order valence-corrected chi connectivity index (χ1v) is 7.71. The summed E-state index contributed by atoms with van der Waals surface area (Å²) < 4.78 is 36.8. The maximum Gasteiger partial charge on any atom is 1.00 e. The molecule has 0 aliphatic carbocycles. The summed E-state index contributed by atoms with van der Waals surface area (Å²) in [7, 11) is -4.66. The van der Waals surface area contributed by atoms with Crippen LogP contribution in [-0.4, -0.2) is 25.1 Å². The van der Waals surface area contributed by atoms with Crippen molar-refractivity contribution in [2.75, 3.05) is 0 Å². The molecule has 1 amide bonds. The third kappa shape index (κ3) is 5.45. The smallest absolute Gasteiger partial charge is 0.742 e. The van der Waals surface area contributed by atoms with Gasteiger partial charge in [0.15, 0.2) is 10.1 Å². The summed E-state index contributed by atoms with van der Waals surface area (Å²) in [5.74, 6) is -0.533. The third-order valence-corrected chi connectivity index (χ3v) is 3.60. The zero-order valence-corrected chi connectivity index (χ0v) is 15.8. The Kier molecular flexibility index (Phi) is 7.00. The van der Waals surface area contributed by atoms with E-state index in [1.54, 1.807) is 18.2 Å². The topological polar surface area (TPSA) is 112 Å². The third-order valence-electron chi connectivity index (χ3n) is 2.58. The van der Waals surface area contributed by atoms with Crippen molar-refractivity contribution in [2.24, 2.45) is 5.10 Å². The molecule has 2 rings (SSSR count). The number of hydrazone groups is 1. The summed E-state index contributed by atoms with van der Waals surface area (Å²) in [5.41, 5.74) is 3.37. The predicted molar refractivity (Wildman–Crippen MR) is 77.9 cm³/mol. The summed E-state index contributed by atoms with van der Waals surface area (Å²) in [5, 5.41) is 3.17. The molecule has 0 spiro atoms. The van der Waals surface area contributed by atoms with Crippen LogP contribution in [0.1, 0.15) is 21.7 Å². The van der Waals surface area contributed by atoms with E-state index in [0.29, 0.717) is 0 Å². The number of carbonyl (C=O) groups excluding carboxylic acids is 1. The first-order chi connectivity index (χ1) is 10.3. The van der Waals surface area contributed by atoms with Crippen LogP contribution in [0.4, 0.5) is 0 Å². The SMILES string of the molecule is Cc1ccc(C(=O)NN=Cc2ccc(S(=O)(=O)[O-])o2)c(Cl)c1.[Na+]. The number of hydrogen-bond acceptors (Lipinski definition) is 6. The van der Waals surface area contributed by atoms with Crippen LogP contribution >= 0.6 is 11.6 Å². The van der Waals surface area contributed by atoms with Gasteiger partial charge in [0.1, 0.15) is 5.76 Å². The fourth-order valence-corrected chi connectivity index (χ4v) is 2.31. The number of amides is 1. The largest absolute Gasteiger partial charge is 1.00 e. The van der Waals surface area contributed by atoms with Gasteiger partial charge in [-0.2, -0.15) is 5.10 Å². The van der Waals surface area contributed by atoms with Gasteiger partial charge in [0.05, 0.1) is 16.8 Å². The number of rotatable bonds is 4. The molecule has 116 valence electrons. The Morgan fingerprint density at radius 3 is 2.61 bits per heavy atom. The molecule has 0 radical (unpaired) electrons. The average molecular weight is 365 g/mol. The van der Waals surface area contributed by atoms with E-state index in [4.69, 9.17) is 16.0 Å². The minimum atomic E-state index is -4.66. The van der Waals surface area contributed by atoms with Crippen LogP contribution in [0.2, 0.25) is 5.02 Å². The van der Waals surface area contributed by atoms with E-state index < -0.39 is 21.1 Å². The molecule has 10 heteroatoms. The molecule has 0 saturated carbocycles. The standard InChI is InChI=1S/C13H11ClN2O5S.Na/c1-8-2-4-10(11(14)6-8)13(17)16-15-7-9-3-5-12(21-9)22(18,19)20;/h2-7H,1H3,(H,16,17)(H,18,19,20);/q;+1/p-1. The van der Waals surface area contributed by atoms with E-state index in [2.05, 4.69) is 10.5 Å². The second kappa shape index (κ2) is 8.09. The maximum atomic E-state index is 11.8. The summed E-state index contributed by atoms with van der Waals surface area (Å²) in [4.78, 5) is 11.8. The van der Waals surface area contributed by atoms with Crippen LogP contribution in [0.5, 0.6) is 0 Å². The van der Waals surface area contributed by atoms with Crippen molar-refractivity contribution >= 4 is 33.8 Å². The number of aryl methyl sites for hydroxylation is 1. The fraction of sp³-hybridized carbons (Fsp3) is 0.0769. The molecule has 0 atom stereocenters. The zero-order valence-electron chi connectivity index (χ0n) is 12.2. The molecule has 2 aromatic rings. The van der Waals surface area contributed by atoms with E-state index in [9.17, 15) is 17.8 Å². The number of benzene rings is 1. The molecule has 0 aliphatic heterocycles. The van der Waals surface area contributed by atoms with Crippen molar-refractivity contribution in [3.8, 4) is 0 Å². The Bertz CT molecular complexity index is 848. The Labute approximate surface area is 159 Å². The molecule has 0 fully saturated rings. The van der Waals surface area contributed by atoms with Crippen molar-refractivity contribution in [2.45, 2.75) is 12.0 Å². The van der Waals surface area contributed by atoms with E-state index in [-0.39, 0.29) is 45.9 Å². The molecule has 0 saturated heterocycles. The Morgan fingerprint density at radius 2 is 2.04 bits per heavy atom. The van der Waals surface area contributed by atoms with Gasteiger partial charge in [0.2, 0.25) is 5.09 Å². The van der Waals surface area contributed by atoms with Gasteiger partial charge in [0.25, 0.3) is 5.91 Å². The van der Waals surface area contributed by atoms with Crippen molar-refractivity contribution < 1.29 is 51.7 Å². The van der Waals surface area contributed by atoms with E-state index in [1.165, 1.54) is 6.07 Å². The van der Waals surface area contributed by atoms with Gasteiger partial charge in [-0.05, 0) is 36.8 Å². The monoisotopic (exact) mass is 364 g/mol. The van der Waals surface area contributed by atoms with Gasteiger partial charge >= 0.3 is 29.6 Å². The molecule has 0 aliphatic rings. The van der Waals surface area contributed by atoms with Crippen LogP contribution < -0.4 is 35.0 Å². The number of nitrogens with zero attached hydrogens (tertiary/aromatic N) is 1. The second-order valence-electron chi connectivity index (χ2n) is 4.29. The number of hydrogen-bond donors (Lipinski definition) is 1. The number of carbonyl (C=O) groups is 1. The quantitative estimate of drug-likeness (QED) is 0.321. The maximum absolute atomic E-state index is 11.8. The van der Waals surface area contributed by atoms with E-state index in [0.717, 1.165) is 17.8 Å². The van der Waals surface area contributed by atoms with Crippen molar-refractivity contribution in [3.63, 3.8) is 0 Å².